The predicted octanol–water partition coefficient (Wildman–Crippen LogP) is 5.86. The van der Waals surface area contributed by atoms with E-state index in [0.29, 0.717) is 12.4 Å². The SMILES string of the molecule is COc1ccc(CCCCOC=C(CSc2ccccc2-c2ccccn2)C(=O)O)cc1. The topological polar surface area (TPSA) is 68.7 Å². The molecule has 3 rings (SSSR count). The van der Waals surface area contributed by atoms with Gasteiger partial charge < -0.3 is 14.6 Å². The fourth-order valence-corrected chi connectivity index (χ4v) is 4.10. The Kier molecular flexibility index (Phi) is 9.20. The summed E-state index contributed by atoms with van der Waals surface area (Å²) in [6, 6.07) is 21.7. The van der Waals surface area contributed by atoms with E-state index in [2.05, 4.69) is 17.1 Å². The molecule has 166 valence electrons. The highest BCUT2D eigenvalue weighted by atomic mass is 32.2. The molecule has 32 heavy (non-hydrogen) atoms. The van der Waals surface area contributed by atoms with Gasteiger partial charge in [-0.1, -0.05) is 36.4 Å². The molecule has 0 aliphatic rings. The van der Waals surface area contributed by atoms with Crippen molar-refractivity contribution in [1.29, 1.82) is 0 Å². The molecule has 0 radical (unpaired) electrons. The molecule has 0 amide bonds. The number of nitrogens with zero attached hydrogens (tertiary/aromatic N) is 1. The second-order valence-corrected chi connectivity index (χ2v) is 8.14. The summed E-state index contributed by atoms with van der Waals surface area (Å²) in [5, 5.41) is 9.55. The third-order valence-corrected chi connectivity index (χ3v) is 5.97. The summed E-state index contributed by atoms with van der Waals surface area (Å²) in [5.74, 6) is 0.195. The molecule has 0 aliphatic heterocycles. The first kappa shape index (κ1) is 23.4. The highest BCUT2D eigenvalue weighted by Gasteiger charge is 2.12. The van der Waals surface area contributed by atoms with Crippen LogP contribution in [0.25, 0.3) is 11.3 Å². The third kappa shape index (κ3) is 7.17. The summed E-state index contributed by atoms with van der Waals surface area (Å²) in [6.45, 7) is 0.488. The zero-order valence-electron chi connectivity index (χ0n) is 18.1. The lowest BCUT2D eigenvalue weighted by atomic mass is 10.1. The van der Waals surface area contributed by atoms with Crippen LogP contribution in [0.3, 0.4) is 0 Å². The molecule has 6 heteroatoms. The summed E-state index contributed by atoms with van der Waals surface area (Å²) in [6.07, 6.45) is 5.90. The van der Waals surface area contributed by atoms with E-state index in [4.69, 9.17) is 9.47 Å². The first-order valence-corrected chi connectivity index (χ1v) is 11.5. The van der Waals surface area contributed by atoms with Gasteiger partial charge in [-0.2, -0.15) is 0 Å². The number of aryl methyl sites for hydroxylation is 1. The molecule has 1 N–H and O–H groups in total. The van der Waals surface area contributed by atoms with Gasteiger partial charge in [-0.15, -0.1) is 11.8 Å². The number of hydrogen-bond donors (Lipinski definition) is 1. The number of methoxy groups -OCH3 is 1. The van der Waals surface area contributed by atoms with Crippen LogP contribution >= 0.6 is 11.8 Å². The Morgan fingerprint density at radius 1 is 1.03 bits per heavy atom. The molecule has 3 aromatic rings. The van der Waals surface area contributed by atoms with Crippen molar-refractivity contribution < 1.29 is 19.4 Å². The number of aliphatic carboxylic acids is 1. The lowest BCUT2D eigenvalue weighted by Gasteiger charge is -2.09. The summed E-state index contributed by atoms with van der Waals surface area (Å²) < 4.78 is 10.7. The molecule has 0 aliphatic carbocycles. The van der Waals surface area contributed by atoms with Crippen LogP contribution in [0.15, 0.2) is 89.7 Å². The minimum Gasteiger partial charge on any atom is -0.501 e. The van der Waals surface area contributed by atoms with Gasteiger partial charge in [-0.25, -0.2) is 4.79 Å². The highest BCUT2D eigenvalue weighted by molar-refractivity contribution is 7.99. The van der Waals surface area contributed by atoms with E-state index < -0.39 is 5.97 Å². The van der Waals surface area contributed by atoms with Crippen LogP contribution in [0.1, 0.15) is 18.4 Å². The number of carbonyl (C=O) groups is 1. The molecular weight excluding hydrogens is 422 g/mol. The van der Waals surface area contributed by atoms with E-state index >= 15 is 0 Å². The maximum absolute atomic E-state index is 11.6. The Bertz CT molecular complexity index is 1020. The molecular formula is C26H27NO4S. The number of unbranched alkanes of at least 4 members (excludes halogenated alkanes) is 1. The van der Waals surface area contributed by atoms with Crippen molar-refractivity contribution in [3.8, 4) is 17.0 Å². The number of thioether (sulfide) groups is 1. The number of carboxylic acids is 1. The lowest BCUT2D eigenvalue weighted by molar-refractivity contribution is -0.132. The maximum atomic E-state index is 11.6. The van der Waals surface area contributed by atoms with Crippen molar-refractivity contribution in [2.45, 2.75) is 24.2 Å². The fourth-order valence-electron chi connectivity index (χ4n) is 3.09. The van der Waals surface area contributed by atoms with Crippen LogP contribution in [-0.2, 0) is 16.0 Å². The number of rotatable bonds is 12. The minimum atomic E-state index is -0.967. The van der Waals surface area contributed by atoms with Gasteiger partial charge in [-0.05, 0) is 55.2 Å². The monoisotopic (exact) mass is 449 g/mol. The molecule has 0 saturated carbocycles. The number of ether oxygens (including phenoxy) is 2. The summed E-state index contributed by atoms with van der Waals surface area (Å²) in [5.41, 5.74) is 3.34. The Morgan fingerprint density at radius 3 is 2.53 bits per heavy atom. The van der Waals surface area contributed by atoms with Gasteiger partial charge in [0.25, 0.3) is 0 Å². The summed E-state index contributed by atoms with van der Waals surface area (Å²) in [7, 11) is 1.66. The molecule has 2 aromatic carbocycles. The normalized spacial score (nSPS) is 11.2. The van der Waals surface area contributed by atoms with E-state index in [1.54, 1.807) is 13.3 Å². The van der Waals surface area contributed by atoms with Crippen molar-refractivity contribution in [3.63, 3.8) is 0 Å². The number of benzene rings is 2. The Morgan fingerprint density at radius 2 is 1.81 bits per heavy atom. The quantitative estimate of drug-likeness (QED) is 0.162. The van der Waals surface area contributed by atoms with Crippen molar-refractivity contribution in [2.75, 3.05) is 19.5 Å². The van der Waals surface area contributed by atoms with E-state index in [1.165, 1.54) is 23.6 Å². The van der Waals surface area contributed by atoms with Crippen LogP contribution in [0.4, 0.5) is 0 Å². The van der Waals surface area contributed by atoms with Crippen molar-refractivity contribution in [3.05, 3.63) is 90.3 Å². The molecule has 1 aromatic heterocycles. The maximum Gasteiger partial charge on any atom is 0.335 e. The average Bonchev–Trinajstić information content (AvgIpc) is 2.84. The third-order valence-electron chi connectivity index (χ3n) is 4.85. The second-order valence-electron chi connectivity index (χ2n) is 7.12. The zero-order valence-corrected chi connectivity index (χ0v) is 18.9. The molecule has 0 unspecified atom stereocenters. The number of carboxylic acid groups (broad SMARTS) is 1. The summed E-state index contributed by atoms with van der Waals surface area (Å²) >= 11 is 1.47. The number of aromatic nitrogens is 1. The van der Waals surface area contributed by atoms with Crippen LogP contribution in [0, 0.1) is 0 Å². The molecule has 0 spiro atoms. The predicted molar refractivity (Wildman–Crippen MR) is 128 cm³/mol. The van der Waals surface area contributed by atoms with Gasteiger partial charge in [0.05, 0.1) is 31.2 Å². The minimum absolute atomic E-state index is 0.237. The summed E-state index contributed by atoms with van der Waals surface area (Å²) in [4.78, 5) is 17.0. The molecule has 0 saturated heterocycles. The van der Waals surface area contributed by atoms with Crippen LogP contribution < -0.4 is 4.74 Å². The van der Waals surface area contributed by atoms with Crippen LogP contribution in [0.5, 0.6) is 5.75 Å². The number of hydrogen-bond acceptors (Lipinski definition) is 5. The van der Waals surface area contributed by atoms with Gasteiger partial charge in [0, 0.05) is 22.4 Å². The molecule has 0 atom stereocenters. The molecule has 5 nitrogen and oxygen atoms in total. The fraction of sp³-hybridized carbons (Fsp3) is 0.231. The van der Waals surface area contributed by atoms with Crippen molar-refractivity contribution >= 4 is 17.7 Å². The van der Waals surface area contributed by atoms with Gasteiger partial charge in [0.15, 0.2) is 0 Å². The van der Waals surface area contributed by atoms with E-state index in [9.17, 15) is 9.90 Å². The van der Waals surface area contributed by atoms with Crippen molar-refractivity contribution in [1.82, 2.24) is 4.98 Å². The first-order valence-electron chi connectivity index (χ1n) is 10.5. The molecule has 0 bridgehead atoms. The average molecular weight is 450 g/mol. The van der Waals surface area contributed by atoms with E-state index in [-0.39, 0.29) is 5.57 Å². The zero-order chi connectivity index (χ0) is 22.6. The molecule has 0 fully saturated rings. The first-order chi connectivity index (χ1) is 15.7. The highest BCUT2D eigenvalue weighted by Crippen LogP contribution is 2.31. The van der Waals surface area contributed by atoms with Gasteiger partial charge >= 0.3 is 5.97 Å². The van der Waals surface area contributed by atoms with Gasteiger partial charge in [-0.3, -0.25) is 4.98 Å². The largest absolute Gasteiger partial charge is 0.501 e. The standard InChI is InChI=1S/C26H27NO4S/c1-30-22-14-12-20(13-15-22)8-5-7-17-31-18-21(26(28)29)19-32-25-11-3-2-9-23(25)24-10-4-6-16-27-24/h2-4,6,9-16,18H,5,7-8,17,19H2,1H3,(H,28,29). The second kappa shape index (κ2) is 12.6. The lowest BCUT2D eigenvalue weighted by Crippen LogP contribution is -2.05. The Balaban J connectivity index is 1.48. The Hall–Kier alpha value is -3.25. The van der Waals surface area contributed by atoms with E-state index in [0.717, 1.165) is 41.2 Å². The molecule has 1 heterocycles. The van der Waals surface area contributed by atoms with Crippen LogP contribution in [0.2, 0.25) is 0 Å². The number of pyridine rings is 1. The van der Waals surface area contributed by atoms with Gasteiger partial charge in [0.1, 0.15) is 5.75 Å². The van der Waals surface area contributed by atoms with E-state index in [1.807, 2.05) is 54.6 Å². The van der Waals surface area contributed by atoms with Crippen molar-refractivity contribution in [2.24, 2.45) is 0 Å². The van der Waals surface area contributed by atoms with Crippen LogP contribution in [-0.4, -0.2) is 35.5 Å². The Labute approximate surface area is 193 Å². The smallest absolute Gasteiger partial charge is 0.335 e. The van der Waals surface area contributed by atoms with Gasteiger partial charge in [0.2, 0.25) is 0 Å².